The molecule has 1 heterocycles. The summed E-state index contributed by atoms with van der Waals surface area (Å²) >= 11 is 3.41. The lowest BCUT2D eigenvalue weighted by Gasteiger charge is -2.32. The van der Waals surface area contributed by atoms with Crippen molar-refractivity contribution in [3.8, 4) is 0 Å². The van der Waals surface area contributed by atoms with Gasteiger partial charge in [-0.3, -0.25) is 4.68 Å². The van der Waals surface area contributed by atoms with Gasteiger partial charge in [-0.15, -0.1) is 0 Å². The first-order valence-corrected chi connectivity index (χ1v) is 5.32. The monoisotopic (exact) mass is 244 g/mol. The Hall–Kier alpha value is -0.350. The minimum atomic E-state index is -0.0906. The third-order valence-corrected chi connectivity index (χ3v) is 3.38. The molecule has 0 aliphatic heterocycles. The lowest BCUT2D eigenvalue weighted by atomic mass is 9.78. The topological polar surface area (TPSA) is 38.0 Å². The molecule has 1 aromatic heterocycles. The van der Waals surface area contributed by atoms with Crippen LogP contribution in [0.4, 0.5) is 0 Å². The second-order valence-electron chi connectivity index (χ2n) is 3.73. The van der Waals surface area contributed by atoms with Gasteiger partial charge in [-0.2, -0.15) is 5.10 Å². The van der Waals surface area contributed by atoms with Gasteiger partial charge >= 0.3 is 0 Å². The van der Waals surface area contributed by atoms with Gasteiger partial charge in [-0.05, 0) is 41.1 Å². The van der Waals surface area contributed by atoms with Crippen molar-refractivity contribution >= 4 is 15.9 Å². The van der Waals surface area contributed by atoms with Gasteiger partial charge in [-0.25, -0.2) is 0 Å². The van der Waals surface area contributed by atoms with Crippen LogP contribution in [0.2, 0.25) is 0 Å². The van der Waals surface area contributed by atoms with Crippen molar-refractivity contribution in [3.05, 3.63) is 16.4 Å². The summed E-state index contributed by atoms with van der Waals surface area (Å²) in [7, 11) is 1.91. The summed E-state index contributed by atoms with van der Waals surface area (Å²) in [6.07, 6.45) is 4.96. The lowest BCUT2D eigenvalue weighted by molar-refractivity contribution is 0.0243. The lowest BCUT2D eigenvalue weighted by Crippen LogP contribution is -2.32. The van der Waals surface area contributed by atoms with Crippen molar-refractivity contribution in [2.45, 2.75) is 25.4 Å². The van der Waals surface area contributed by atoms with Gasteiger partial charge in [0.2, 0.25) is 0 Å². The molecule has 1 aliphatic rings. The molecule has 2 atom stereocenters. The molecule has 0 aromatic carbocycles. The molecule has 4 heteroatoms. The summed E-state index contributed by atoms with van der Waals surface area (Å²) in [5.74, 6) is 0.445. The van der Waals surface area contributed by atoms with Crippen LogP contribution in [0.15, 0.2) is 10.8 Å². The molecule has 0 radical (unpaired) electrons. The fraction of sp³-hybridized carbons (Fsp3) is 0.667. The van der Waals surface area contributed by atoms with Crippen LogP contribution in [-0.2, 0) is 13.5 Å². The smallest absolute Gasteiger partial charge is 0.131 e. The molecule has 3 nitrogen and oxygen atoms in total. The molecular formula is C9H13BrN2O. The van der Waals surface area contributed by atoms with Crippen LogP contribution in [0.5, 0.6) is 0 Å². The Kier molecular flexibility index (Phi) is 2.43. The summed E-state index contributed by atoms with van der Waals surface area (Å²) in [4.78, 5) is 0. The fourth-order valence-corrected chi connectivity index (χ4v) is 2.23. The van der Waals surface area contributed by atoms with Crippen molar-refractivity contribution in [2.75, 3.05) is 0 Å². The fourth-order valence-electron chi connectivity index (χ4n) is 1.72. The van der Waals surface area contributed by atoms with Gasteiger partial charge in [0, 0.05) is 18.8 Å². The van der Waals surface area contributed by atoms with E-state index in [2.05, 4.69) is 21.0 Å². The predicted molar refractivity (Wildman–Crippen MR) is 53.3 cm³/mol. The molecule has 1 aliphatic carbocycles. The Morgan fingerprint density at radius 1 is 1.69 bits per heavy atom. The number of aliphatic hydroxyl groups excluding tert-OH is 1. The van der Waals surface area contributed by atoms with E-state index in [4.69, 9.17) is 0 Å². The molecular weight excluding hydrogens is 232 g/mol. The molecule has 0 amide bonds. The van der Waals surface area contributed by atoms with Crippen molar-refractivity contribution in [1.29, 1.82) is 0 Å². The van der Waals surface area contributed by atoms with Crippen LogP contribution >= 0.6 is 15.9 Å². The third-order valence-electron chi connectivity index (χ3n) is 2.71. The zero-order chi connectivity index (χ0) is 9.42. The highest BCUT2D eigenvalue weighted by Crippen LogP contribution is 2.31. The molecule has 0 bridgehead atoms. The van der Waals surface area contributed by atoms with Gasteiger partial charge in [0.15, 0.2) is 0 Å². The van der Waals surface area contributed by atoms with E-state index in [1.165, 1.54) is 5.56 Å². The molecule has 13 heavy (non-hydrogen) atoms. The number of halogens is 1. The molecule has 72 valence electrons. The second kappa shape index (κ2) is 3.42. The minimum absolute atomic E-state index is 0.0906. The predicted octanol–water partition coefficient (Wildman–Crippen LogP) is 1.50. The maximum atomic E-state index is 9.42. The minimum Gasteiger partial charge on any atom is -0.393 e. The van der Waals surface area contributed by atoms with E-state index < -0.39 is 0 Å². The van der Waals surface area contributed by atoms with Crippen LogP contribution in [0.3, 0.4) is 0 Å². The third kappa shape index (κ3) is 1.79. The molecule has 2 unspecified atom stereocenters. The zero-order valence-electron chi connectivity index (χ0n) is 7.57. The average Bonchev–Trinajstić information content (AvgIpc) is 2.38. The SMILES string of the molecule is Cn1cc(CC2CCC2O)c(Br)n1. The highest BCUT2D eigenvalue weighted by Gasteiger charge is 2.29. The summed E-state index contributed by atoms with van der Waals surface area (Å²) in [5, 5.41) is 13.6. The molecule has 1 saturated carbocycles. The molecule has 2 rings (SSSR count). The zero-order valence-corrected chi connectivity index (χ0v) is 9.16. The molecule has 0 saturated heterocycles. The van der Waals surface area contributed by atoms with E-state index in [1.54, 1.807) is 4.68 Å². The maximum Gasteiger partial charge on any atom is 0.131 e. The van der Waals surface area contributed by atoms with Crippen molar-refractivity contribution in [2.24, 2.45) is 13.0 Å². The first-order chi connectivity index (χ1) is 6.16. The van der Waals surface area contributed by atoms with E-state index in [0.29, 0.717) is 5.92 Å². The van der Waals surface area contributed by atoms with E-state index in [-0.39, 0.29) is 6.10 Å². The van der Waals surface area contributed by atoms with Gasteiger partial charge in [-0.1, -0.05) is 0 Å². The maximum absolute atomic E-state index is 9.42. The largest absolute Gasteiger partial charge is 0.393 e. The van der Waals surface area contributed by atoms with Crippen molar-refractivity contribution in [1.82, 2.24) is 9.78 Å². The van der Waals surface area contributed by atoms with E-state index in [0.717, 1.165) is 23.9 Å². The van der Waals surface area contributed by atoms with E-state index in [9.17, 15) is 5.11 Å². The quantitative estimate of drug-likeness (QED) is 0.857. The van der Waals surface area contributed by atoms with Crippen LogP contribution in [-0.4, -0.2) is 21.0 Å². The normalized spacial score (nSPS) is 27.3. The Balaban J connectivity index is 2.04. The van der Waals surface area contributed by atoms with Crippen molar-refractivity contribution < 1.29 is 5.11 Å². The van der Waals surface area contributed by atoms with Gasteiger partial charge in [0.25, 0.3) is 0 Å². The Labute approximate surface area is 85.9 Å². The Bertz CT molecular complexity index is 311. The van der Waals surface area contributed by atoms with E-state index >= 15 is 0 Å². The van der Waals surface area contributed by atoms with Crippen LogP contribution in [0.1, 0.15) is 18.4 Å². The van der Waals surface area contributed by atoms with Crippen molar-refractivity contribution in [3.63, 3.8) is 0 Å². The summed E-state index contributed by atoms with van der Waals surface area (Å²) in [5.41, 5.74) is 1.20. The number of hydrogen-bond acceptors (Lipinski definition) is 2. The van der Waals surface area contributed by atoms with E-state index in [1.807, 2.05) is 13.2 Å². The standard InChI is InChI=1S/C9H13BrN2O/c1-12-5-7(9(10)11-12)4-6-2-3-8(6)13/h5-6,8,13H,2-4H2,1H3. The highest BCUT2D eigenvalue weighted by atomic mass is 79.9. The summed E-state index contributed by atoms with van der Waals surface area (Å²) < 4.78 is 2.71. The first kappa shape index (κ1) is 9.21. The van der Waals surface area contributed by atoms with Gasteiger partial charge in [0.05, 0.1) is 6.10 Å². The van der Waals surface area contributed by atoms with Crippen LogP contribution < -0.4 is 0 Å². The highest BCUT2D eigenvalue weighted by molar-refractivity contribution is 9.10. The summed E-state index contributed by atoms with van der Waals surface area (Å²) in [6.45, 7) is 0. The number of nitrogens with zero attached hydrogens (tertiary/aromatic N) is 2. The van der Waals surface area contributed by atoms with Crippen LogP contribution in [0, 0.1) is 5.92 Å². The number of rotatable bonds is 2. The van der Waals surface area contributed by atoms with Gasteiger partial charge < -0.3 is 5.11 Å². The first-order valence-electron chi connectivity index (χ1n) is 4.53. The second-order valence-corrected chi connectivity index (χ2v) is 4.48. The Morgan fingerprint density at radius 2 is 2.46 bits per heavy atom. The average molecular weight is 245 g/mol. The number of aliphatic hydroxyl groups is 1. The molecule has 0 spiro atoms. The number of aryl methyl sites for hydroxylation is 1. The Morgan fingerprint density at radius 3 is 2.85 bits per heavy atom. The molecule has 1 aromatic rings. The number of hydrogen-bond donors (Lipinski definition) is 1. The molecule has 1 N–H and O–H groups in total. The van der Waals surface area contributed by atoms with Gasteiger partial charge in [0.1, 0.15) is 4.60 Å². The van der Waals surface area contributed by atoms with Crippen LogP contribution in [0.25, 0.3) is 0 Å². The summed E-state index contributed by atoms with van der Waals surface area (Å²) in [6, 6.07) is 0. The molecule has 1 fully saturated rings. The number of aromatic nitrogens is 2.